The number of aliphatic hydroxyl groups is 5. The number of aliphatic hydroxyl groups excluding tert-OH is 4. The summed E-state index contributed by atoms with van der Waals surface area (Å²) < 4.78 is 5.17. The Kier molecular flexibility index (Phi) is 4.19. The molecular formula is C13H18O6. The molecule has 0 unspecified atom stereocenters. The molecule has 0 radical (unpaired) electrons. The third kappa shape index (κ3) is 2.79. The van der Waals surface area contributed by atoms with E-state index in [4.69, 9.17) is 9.84 Å². The van der Waals surface area contributed by atoms with Gasteiger partial charge in [-0.3, -0.25) is 0 Å². The molecule has 1 fully saturated rings. The van der Waals surface area contributed by atoms with Crippen molar-refractivity contribution in [3.8, 4) is 0 Å². The quantitative estimate of drug-likeness (QED) is 0.452. The minimum absolute atomic E-state index is 0.0602. The molecule has 1 saturated heterocycles. The van der Waals surface area contributed by atoms with Crippen LogP contribution in [0.4, 0.5) is 0 Å². The van der Waals surface area contributed by atoms with Gasteiger partial charge in [-0.2, -0.15) is 0 Å². The topological polar surface area (TPSA) is 110 Å². The maximum absolute atomic E-state index is 10.3. The summed E-state index contributed by atoms with van der Waals surface area (Å²) in [5.74, 6) is -2.05. The van der Waals surface area contributed by atoms with Crippen LogP contribution in [-0.2, 0) is 11.2 Å². The second-order valence-electron chi connectivity index (χ2n) is 4.77. The van der Waals surface area contributed by atoms with Crippen LogP contribution in [0, 0.1) is 0 Å². The lowest BCUT2D eigenvalue weighted by molar-refractivity contribution is -0.348. The molecule has 1 heterocycles. The van der Waals surface area contributed by atoms with Crippen LogP contribution in [0.2, 0.25) is 0 Å². The van der Waals surface area contributed by atoms with Crippen LogP contribution in [0.25, 0.3) is 0 Å². The van der Waals surface area contributed by atoms with Gasteiger partial charge in [-0.15, -0.1) is 0 Å². The van der Waals surface area contributed by atoms with E-state index in [0.29, 0.717) is 5.56 Å². The average molecular weight is 270 g/mol. The van der Waals surface area contributed by atoms with Gasteiger partial charge in [-0.25, -0.2) is 0 Å². The van der Waals surface area contributed by atoms with Crippen LogP contribution in [0.5, 0.6) is 0 Å². The van der Waals surface area contributed by atoms with Crippen molar-refractivity contribution in [2.75, 3.05) is 6.61 Å². The Hall–Kier alpha value is -1.02. The predicted molar refractivity (Wildman–Crippen MR) is 65.1 cm³/mol. The molecule has 1 aliphatic heterocycles. The van der Waals surface area contributed by atoms with Crippen molar-refractivity contribution in [1.82, 2.24) is 0 Å². The molecule has 0 bridgehead atoms. The van der Waals surface area contributed by atoms with Gasteiger partial charge in [-0.05, 0) is 5.56 Å². The van der Waals surface area contributed by atoms with Crippen molar-refractivity contribution in [3.05, 3.63) is 35.9 Å². The Labute approximate surface area is 110 Å². The van der Waals surface area contributed by atoms with Crippen LogP contribution in [0.1, 0.15) is 5.56 Å². The molecule has 0 spiro atoms. The highest BCUT2D eigenvalue weighted by Gasteiger charge is 2.52. The molecule has 106 valence electrons. The van der Waals surface area contributed by atoms with E-state index < -0.39 is 36.8 Å². The van der Waals surface area contributed by atoms with Crippen molar-refractivity contribution < 1.29 is 30.3 Å². The zero-order valence-electron chi connectivity index (χ0n) is 10.3. The molecule has 0 saturated carbocycles. The van der Waals surface area contributed by atoms with Gasteiger partial charge in [0, 0.05) is 6.42 Å². The summed E-state index contributed by atoms with van der Waals surface area (Å²) in [6, 6.07) is 8.81. The Bertz CT molecular complexity index is 409. The van der Waals surface area contributed by atoms with Crippen molar-refractivity contribution in [3.63, 3.8) is 0 Å². The zero-order valence-corrected chi connectivity index (χ0v) is 10.3. The first kappa shape index (κ1) is 14.4. The summed E-state index contributed by atoms with van der Waals surface area (Å²) in [6.45, 7) is -0.567. The number of hydrogen-bond acceptors (Lipinski definition) is 6. The van der Waals surface area contributed by atoms with Gasteiger partial charge < -0.3 is 30.3 Å². The molecule has 0 amide bonds. The van der Waals surface area contributed by atoms with Gasteiger partial charge >= 0.3 is 0 Å². The van der Waals surface area contributed by atoms with Crippen LogP contribution >= 0.6 is 0 Å². The molecule has 5 N–H and O–H groups in total. The lowest BCUT2D eigenvalue weighted by Gasteiger charge is -2.45. The van der Waals surface area contributed by atoms with Gasteiger partial charge in [0.05, 0.1) is 6.61 Å². The maximum Gasteiger partial charge on any atom is 0.199 e. The predicted octanol–water partition coefficient (Wildman–Crippen LogP) is -1.61. The highest BCUT2D eigenvalue weighted by molar-refractivity contribution is 5.17. The molecule has 6 nitrogen and oxygen atoms in total. The summed E-state index contributed by atoms with van der Waals surface area (Å²) >= 11 is 0. The monoisotopic (exact) mass is 270 g/mol. The Balaban J connectivity index is 2.21. The summed E-state index contributed by atoms with van der Waals surface area (Å²) in [5.41, 5.74) is 0.698. The first-order valence-electron chi connectivity index (χ1n) is 6.07. The van der Waals surface area contributed by atoms with Gasteiger partial charge in [0.2, 0.25) is 0 Å². The lowest BCUT2D eigenvalue weighted by Crippen LogP contribution is -2.65. The molecular weight excluding hydrogens is 252 g/mol. The Morgan fingerprint density at radius 2 is 1.68 bits per heavy atom. The van der Waals surface area contributed by atoms with E-state index >= 15 is 0 Å². The van der Waals surface area contributed by atoms with E-state index in [-0.39, 0.29) is 6.42 Å². The summed E-state index contributed by atoms with van der Waals surface area (Å²) in [5, 5.41) is 48.6. The van der Waals surface area contributed by atoms with E-state index in [2.05, 4.69) is 0 Å². The third-order valence-corrected chi connectivity index (χ3v) is 3.35. The summed E-state index contributed by atoms with van der Waals surface area (Å²) in [6.07, 6.45) is -5.90. The van der Waals surface area contributed by atoms with Crippen LogP contribution < -0.4 is 0 Å². The molecule has 0 aromatic heterocycles. The Morgan fingerprint density at radius 3 is 2.26 bits per heavy atom. The summed E-state index contributed by atoms with van der Waals surface area (Å²) in [7, 11) is 0. The standard InChI is InChI=1S/C13H18O6/c14-7-9-10(15)11(16)12(17)13(18,19-9)6-8-4-2-1-3-5-8/h1-5,9-12,14-18H,6-7H2/t9-,10-,11+,12+,13-/m1/s1. The van der Waals surface area contributed by atoms with Crippen LogP contribution in [0.3, 0.4) is 0 Å². The molecule has 0 aliphatic carbocycles. The van der Waals surface area contributed by atoms with Crippen molar-refractivity contribution >= 4 is 0 Å². The highest BCUT2D eigenvalue weighted by atomic mass is 16.7. The van der Waals surface area contributed by atoms with E-state index in [1.807, 2.05) is 0 Å². The first-order chi connectivity index (χ1) is 8.98. The normalized spacial score (nSPS) is 39.2. The molecule has 6 heteroatoms. The van der Waals surface area contributed by atoms with Crippen molar-refractivity contribution in [1.29, 1.82) is 0 Å². The fourth-order valence-corrected chi connectivity index (χ4v) is 2.25. The first-order valence-corrected chi connectivity index (χ1v) is 6.07. The molecule has 1 aliphatic rings. The number of hydrogen-bond donors (Lipinski definition) is 5. The molecule has 19 heavy (non-hydrogen) atoms. The lowest BCUT2D eigenvalue weighted by atomic mass is 9.89. The van der Waals surface area contributed by atoms with Gasteiger partial charge in [0.25, 0.3) is 0 Å². The molecule has 1 aromatic rings. The Morgan fingerprint density at radius 1 is 1.05 bits per heavy atom. The van der Waals surface area contributed by atoms with Crippen LogP contribution in [0.15, 0.2) is 30.3 Å². The van der Waals surface area contributed by atoms with E-state index in [0.717, 1.165) is 0 Å². The highest BCUT2D eigenvalue weighted by Crippen LogP contribution is 2.30. The fourth-order valence-electron chi connectivity index (χ4n) is 2.25. The second kappa shape index (κ2) is 5.54. The van der Waals surface area contributed by atoms with E-state index in [1.54, 1.807) is 30.3 Å². The molecule has 2 rings (SSSR count). The minimum atomic E-state index is -2.05. The van der Waals surface area contributed by atoms with Crippen molar-refractivity contribution in [2.45, 2.75) is 36.6 Å². The van der Waals surface area contributed by atoms with E-state index in [9.17, 15) is 20.4 Å². The average Bonchev–Trinajstić information content (AvgIpc) is 2.42. The molecule has 1 aromatic carbocycles. The van der Waals surface area contributed by atoms with Crippen LogP contribution in [-0.4, -0.2) is 62.3 Å². The van der Waals surface area contributed by atoms with Gasteiger partial charge in [-0.1, -0.05) is 30.3 Å². The van der Waals surface area contributed by atoms with E-state index in [1.165, 1.54) is 0 Å². The van der Waals surface area contributed by atoms with Gasteiger partial charge in [0.1, 0.15) is 24.4 Å². The SMILES string of the molecule is OC[C@H]1O[C@](O)(Cc2ccccc2)[C@@H](O)[C@@H](O)[C@@H]1O. The molecule has 5 atom stereocenters. The minimum Gasteiger partial charge on any atom is -0.394 e. The zero-order chi connectivity index (χ0) is 14.0. The number of benzene rings is 1. The number of ether oxygens (including phenoxy) is 1. The van der Waals surface area contributed by atoms with Crippen molar-refractivity contribution in [2.24, 2.45) is 0 Å². The fraction of sp³-hybridized carbons (Fsp3) is 0.538. The smallest absolute Gasteiger partial charge is 0.199 e. The largest absolute Gasteiger partial charge is 0.394 e. The third-order valence-electron chi connectivity index (χ3n) is 3.35. The summed E-state index contributed by atoms with van der Waals surface area (Å²) in [4.78, 5) is 0. The number of rotatable bonds is 3. The van der Waals surface area contributed by atoms with Gasteiger partial charge in [0.15, 0.2) is 5.79 Å². The second-order valence-corrected chi connectivity index (χ2v) is 4.77. The maximum atomic E-state index is 10.3.